The average Bonchev–Trinajstić information content (AvgIpc) is 2.43. The minimum absolute atomic E-state index is 0.454. The van der Waals surface area contributed by atoms with Crippen molar-refractivity contribution in [1.82, 2.24) is 0 Å². The number of halogens is 1. The Bertz CT molecular complexity index is 355. The fraction of sp³-hybridized carbons (Fsp3) is 0.500. The van der Waals surface area contributed by atoms with E-state index in [4.69, 9.17) is 5.11 Å². The van der Waals surface area contributed by atoms with Gasteiger partial charge in [0.25, 0.3) is 0 Å². The maximum atomic E-state index is 11.1. The van der Waals surface area contributed by atoms with Gasteiger partial charge in [-0.05, 0) is 41.3 Å². The third-order valence-corrected chi connectivity index (χ3v) is 4.60. The fourth-order valence-electron chi connectivity index (χ4n) is 1.85. The molecule has 1 aromatic heterocycles. The lowest BCUT2D eigenvalue weighted by molar-refractivity contribution is -0.154. The first kappa shape index (κ1) is 10.2. The Morgan fingerprint density at radius 1 is 1.64 bits per heavy atom. The van der Waals surface area contributed by atoms with Crippen LogP contribution >= 0.6 is 27.3 Å². The van der Waals surface area contributed by atoms with Crippen LogP contribution < -0.4 is 0 Å². The molecule has 1 saturated carbocycles. The van der Waals surface area contributed by atoms with E-state index in [-0.39, 0.29) is 0 Å². The number of carbonyl (C=O) groups is 1. The lowest BCUT2D eigenvalue weighted by Crippen LogP contribution is -2.39. The Hall–Kier alpha value is -0.350. The van der Waals surface area contributed by atoms with Crippen molar-refractivity contribution < 1.29 is 9.90 Å². The van der Waals surface area contributed by atoms with E-state index < -0.39 is 11.4 Å². The summed E-state index contributed by atoms with van der Waals surface area (Å²) in [5, 5.41) is 11.1. The molecule has 0 saturated heterocycles. The van der Waals surface area contributed by atoms with Gasteiger partial charge in [-0.1, -0.05) is 6.42 Å². The van der Waals surface area contributed by atoms with Crippen molar-refractivity contribution in [2.75, 3.05) is 0 Å². The Morgan fingerprint density at radius 2 is 2.36 bits per heavy atom. The van der Waals surface area contributed by atoms with E-state index >= 15 is 0 Å². The van der Waals surface area contributed by atoms with E-state index in [0.717, 1.165) is 23.7 Å². The molecule has 1 heterocycles. The van der Waals surface area contributed by atoms with Crippen LogP contribution in [-0.2, 0) is 11.2 Å². The summed E-state index contributed by atoms with van der Waals surface area (Å²) in [5.41, 5.74) is -0.454. The summed E-state index contributed by atoms with van der Waals surface area (Å²) < 4.78 is 1.05. The highest BCUT2D eigenvalue weighted by atomic mass is 79.9. The van der Waals surface area contributed by atoms with Crippen molar-refractivity contribution in [2.24, 2.45) is 5.41 Å². The van der Waals surface area contributed by atoms with Crippen molar-refractivity contribution in [3.63, 3.8) is 0 Å². The predicted molar refractivity (Wildman–Crippen MR) is 59.6 cm³/mol. The summed E-state index contributed by atoms with van der Waals surface area (Å²) in [5.74, 6) is -0.631. The van der Waals surface area contributed by atoms with Crippen molar-refractivity contribution in [3.05, 3.63) is 20.8 Å². The summed E-state index contributed by atoms with van der Waals surface area (Å²) in [6, 6.07) is 2.02. The summed E-state index contributed by atoms with van der Waals surface area (Å²) in [6.45, 7) is 0. The molecule has 2 rings (SSSR count). The lowest BCUT2D eigenvalue weighted by Gasteiger charge is -2.37. The Kier molecular flexibility index (Phi) is 2.66. The molecule has 0 spiro atoms. The van der Waals surface area contributed by atoms with Gasteiger partial charge in [-0.3, -0.25) is 4.79 Å². The van der Waals surface area contributed by atoms with Crippen LogP contribution in [0, 0.1) is 5.41 Å². The number of thiophene rings is 1. The topological polar surface area (TPSA) is 37.3 Å². The molecule has 0 aromatic carbocycles. The molecule has 76 valence electrons. The maximum Gasteiger partial charge on any atom is 0.309 e. The molecule has 0 atom stereocenters. The van der Waals surface area contributed by atoms with Gasteiger partial charge in [0, 0.05) is 14.7 Å². The average molecular weight is 275 g/mol. The molecule has 0 amide bonds. The van der Waals surface area contributed by atoms with Crippen LogP contribution in [0.15, 0.2) is 15.9 Å². The maximum absolute atomic E-state index is 11.1. The Balaban J connectivity index is 2.12. The molecule has 1 fully saturated rings. The highest BCUT2D eigenvalue weighted by molar-refractivity contribution is 9.10. The monoisotopic (exact) mass is 274 g/mol. The van der Waals surface area contributed by atoms with Crippen molar-refractivity contribution in [2.45, 2.75) is 25.7 Å². The minimum Gasteiger partial charge on any atom is -0.481 e. The normalized spacial score (nSPS) is 18.9. The Labute approximate surface area is 95.1 Å². The number of carboxylic acid groups (broad SMARTS) is 1. The van der Waals surface area contributed by atoms with Crippen molar-refractivity contribution >= 4 is 33.2 Å². The van der Waals surface area contributed by atoms with Gasteiger partial charge in [-0.25, -0.2) is 0 Å². The molecular weight excluding hydrogens is 264 g/mol. The standard InChI is InChI=1S/C10H11BrO2S/c11-7-4-8(14-6-7)5-10(9(12)13)2-1-3-10/h4,6H,1-3,5H2,(H,12,13). The molecule has 1 aromatic rings. The zero-order valence-corrected chi connectivity index (χ0v) is 10.0. The van der Waals surface area contributed by atoms with Crippen LogP contribution in [0.3, 0.4) is 0 Å². The highest BCUT2D eigenvalue weighted by Gasteiger charge is 2.44. The van der Waals surface area contributed by atoms with E-state index in [2.05, 4.69) is 15.9 Å². The molecule has 0 unspecified atom stereocenters. The van der Waals surface area contributed by atoms with Gasteiger partial charge in [0.15, 0.2) is 0 Å². The lowest BCUT2D eigenvalue weighted by atomic mass is 9.66. The molecule has 14 heavy (non-hydrogen) atoms. The third kappa shape index (κ3) is 1.73. The van der Waals surface area contributed by atoms with Crippen LogP contribution in [0.5, 0.6) is 0 Å². The molecule has 4 heteroatoms. The number of rotatable bonds is 3. The van der Waals surface area contributed by atoms with Gasteiger partial charge < -0.3 is 5.11 Å². The molecule has 1 aliphatic rings. The van der Waals surface area contributed by atoms with E-state index in [0.29, 0.717) is 6.42 Å². The summed E-state index contributed by atoms with van der Waals surface area (Å²) in [6.07, 6.45) is 3.41. The second-order valence-electron chi connectivity index (χ2n) is 3.85. The highest BCUT2D eigenvalue weighted by Crippen LogP contribution is 2.44. The number of hydrogen-bond donors (Lipinski definition) is 1. The van der Waals surface area contributed by atoms with E-state index in [9.17, 15) is 4.79 Å². The van der Waals surface area contributed by atoms with Gasteiger partial charge in [0.1, 0.15) is 0 Å². The van der Waals surface area contributed by atoms with Crippen LogP contribution in [0.1, 0.15) is 24.1 Å². The zero-order valence-electron chi connectivity index (χ0n) is 7.62. The molecule has 1 aliphatic carbocycles. The van der Waals surface area contributed by atoms with E-state index in [1.165, 1.54) is 4.88 Å². The van der Waals surface area contributed by atoms with Crippen LogP contribution in [0.2, 0.25) is 0 Å². The second kappa shape index (κ2) is 3.66. The first-order valence-electron chi connectivity index (χ1n) is 4.59. The van der Waals surface area contributed by atoms with Crippen LogP contribution in [0.25, 0.3) is 0 Å². The molecular formula is C10H11BrO2S. The van der Waals surface area contributed by atoms with Gasteiger partial charge in [0.05, 0.1) is 5.41 Å². The second-order valence-corrected chi connectivity index (χ2v) is 5.76. The molecule has 0 aliphatic heterocycles. The Morgan fingerprint density at radius 3 is 2.71 bits per heavy atom. The van der Waals surface area contributed by atoms with Gasteiger partial charge in [-0.2, -0.15) is 0 Å². The molecule has 0 bridgehead atoms. The van der Waals surface area contributed by atoms with Gasteiger partial charge >= 0.3 is 5.97 Å². The first-order valence-corrected chi connectivity index (χ1v) is 6.26. The fourth-order valence-corrected chi connectivity index (χ4v) is 3.44. The number of carboxylic acids is 1. The molecule has 2 nitrogen and oxygen atoms in total. The quantitative estimate of drug-likeness (QED) is 0.918. The van der Waals surface area contributed by atoms with Crippen LogP contribution in [-0.4, -0.2) is 11.1 Å². The minimum atomic E-state index is -0.631. The number of hydrogen-bond acceptors (Lipinski definition) is 2. The summed E-state index contributed by atoms with van der Waals surface area (Å²) in [7, 11) is 0. The van der Waals surface area contributed by atoms with Gasteiger partial charge in [0.2, 0.25) is 0 Å². The van der Waals surface area contributed by atoms with Gasteiger partial charge in [-0.15, -0.1) is 11.3 Å². The van der Waals surface area contributed by atoms with Crippen LogP contribution in [0.4, 0.5) is 0 Å². The predicted octanol–water partition coefficient (Wildman–Crippen LogP) is 3.31. The number of aliphatic carboxylic acids is 1. The van der Waals surface area contributed by atoms with Crippen molar-refractivity contribution in [1.29, 1.82) is 0 Å². The summed E-state index contributed by atoms with van der Waals surface area (Å²) in [4.78, 5) is 12.3. The SMILES string of the molecule is O=C(O)C1(Cc2cc(Br)cs2)CCC1. The smallest absolute Gasteiger partial charge is 0.309 e. The van der Waals surface area contributed by atoms with E-state index in [1.807, 2.05) is 11.4 Å². The third-order valence-electron chi connectivity index (χ3n) is 2.90. The first-order chi connectivity index (χ1) is 6.62. The zero-order chi connectivity index (χ0) is 10.2. The molecule has 0 radical (unpaired) electrons. The van der Waals surface area contributed by atoms with E-state index in [1.54, 1.807) is 11.3 Å². The molecule has 1 N–H and O–H groups in total. The summed E-state index contributed by atoms with van der Waals surface area (Å²) >= 11 is 5.01. The largest absolute Gasteiger partial charge is 0.481 e. The van der Waals surface area contributed by atoms with Crippen molar-refractivity contribution in [3.8, 4) is 0 Å².